The molecule has 0 spiro atoms. The van der Waals surface area contributed by atoms with E-state index in [1.807, 2.05) is 20.0 Å². The van der Waals surface area contributed by atoms with Crippen molar-refractivity contribution in [2.75, 3.05) is 19.6 Å². The van der Waals surface area contributed by atoms with Crippen molar-refractivity contribution in [3.8, 4) is 0 Å². The van der Waals surface area contributed by atoms with Crippen LogP contribution in [0.15, 0.2) is 6.20 Å². The number of piperidine rings is 1. The van der Waals surface area contributed by atoms with Crippen LogP contribution in [0.25, 0.3) is 0 Å². The third kappa shape index (κ3) is 2.01. The van der Waals surface area contributed by atoms with Gasteiger partial charge in [0.2, 0.25) is 0 Å². The van der Waals surface area contributed by atoms with Gasteiger partial charge < -0.3 is 4.90 Å². The first-order valence-corrected chi connectivity index (χ1v) is 6.57. The summed E-state index contributed by atoms with van der Waals surface area (Å²) in [4.78, 5) is 2.60. The molecule has 16 heavy (non-hydrogen) atoms. The fourth-order valence-corrected chi connectivity index (χ4v) is 3.07. The van der Waals surface area contributed by atoms with Crippen molar-refractivity contribution in [2.24, 2.45) is 5.92 Å². The van der Waals surface area contributed by atoms with Crippen molar-refractivity contribution >= 4 is 0 Å². The molecule has 3 heterocycles. The van der Waals surface area contributed by atoms with Crippen LogP contribution in [-0.4, -0.2) is 34.7 Å². The molecular weight excluding hydrogens is 198 g/mol. The van der Waals surface area contributed by atoms with Gasteiger partial charge in [0, 0.05) is 24.7 Å². The molecule has 2 fully saturated rings. The Bertz CT molecular complexity index is 332. The van der Waals surface area contributed by atoms with Crippen LogP contribution in [0.2, 0.25) is 0 Å². The summed E-state index contributed by atoms with van der Waals surface area (Å²) >= 11 is 0. The maximum absolute atomic E-state index is 4.14. The summed E-state index contributed by atoms with van der Waals surface area (Å²) < 4.78 is 0. The first kappa shape index (κ1) is 11.6. The number of aryl methyl sites for hydroxylation is 1. The zero-order valence-electron chi connectivity index (χ0n) is 10.7. The van der Waals surface area contributed by atoms with E-state index >= 15 is 0 Å². The molecule has 2 aliphatic heterocycles. The lowest BCUT2D eigenvalue weighted by Gasteiger charge is -2.21. The average Bonchev–Trinajstić information content (AvgIpc) is 2.86. The molecule has 2 unspecified atom stereocenters. The van der Waals surface area contributed by atoms with E-state index < -0.39 is 0 Å². The van der Waals surface area contributed by atoms with E-state index in [2.05, 4.69) is 22.0 Å². The molecule has 3 nitrogen and oxygen atoms in total. The molecule has 0 aliphatic carbocycles. The number of rotatable bonds is 1. The standard InChI is InChI=1S/C11H17N3.C2H6/c1-8-5-12-13-11(8)10-7-14-4-2-3-9(10)6-14;1-2/h5,9-10H,2-4,6-7H2,1H3,(H,12,13);1-2H3/t9?,10-;/m1./s1. The molecule has 2 aliphatic rings. The molecule has 3 heteroatoms. The van der Waals surface area contributed by atoms with Gasteiger partial charge in [0.05, 0.1) is 6.20 Å². The van der Waals surface area contributed by atoms with Gasteiger partial charge in [-0.25, -0.2) is 0 Å². The Hall–Kier alpha value is -0.830. The van der Waals surface area contributed by atoms with Gasteiger partial charge in [0.25, 0.3) is 0 Å². The second-order valence-corrected chi connectivity index (χ2v) is 4.74. The zero-order valence-corrected chi connectivity index (χ0v) is 10.7. The lowest BCUT2D eigenvalue weighted by Crippen LogP contribution is -2.25. The van der Waals surface area contributed by atoms with E-state index in [1.165, 1.54) is 43.7 Å². The van der Waals surface area contributed by atoms with Crippen molar-refractivity contribution in [3.05, 3.63) is 17.5 Å². The van der Waals surface area contributed by atoms with Crippen molar-refractivity contribution in [3.63, 3.8) is 0 Å². The van der Waals surface area contributed by atoms with Gasteiger partial charge in [-0.05, 0) is 37.8 Å². The van der Waals surface area contributed by atoms with Gasteiger partial charge in [0.1, 0.15) is 0 Å². The Morgan fingerprint density at radius 2 is 2.19 bits per heavy atom. The normalized spacial score (nSPS) is 32.1. The Morgan fingerprint density at radius 3 is 2.81 bits per heavy atom. The van der Waals surface area contributed by atoms with E-state index in [-0.39, 0.29) is 0 Å². The molecule has 3 rings (SSSR count). The highest BCUT2D eigenvalue weighted by atomic mass is 15.2. The van der Waals surface area contributed by atoms with Crippen LogP contribution in [-0.2, 0) is 0 Å². The lowest BCUT2D eigenvalue weighted by molar-refractivity contribution is 0.269. The molecule has 3 atom stereocenters. The van der Waals surface area contributed by atoms with Crippen molar-refractivity contribution < 1.29 is 0 Å². The third-order valence-corrected chi connectivity index (χ3v) is 3.80. The summed E-state index contributed by atoms with van der Waals surface area (Å²) in [6.07, 6.45) is 4.74. The first-order valence-electron chi connectivity index (χ1n) is 6.57. The van der Waals surface area contributed by atoms with E-state index in [4.69, 9.17) is 0 Å². The average molecular weight is 221 g/mol. The van der Waals surface area contributed by atoms with E-state index in [1.54, 1.807) is 0 Å². The monoisotopic (exact) mass is 221 g/mol. The molecule has 2 saturated heterocycles. The van der Waals surface area contributed by atoms with Crippen LogP contribution in [0.5, 0.6) is 0 Å². The van der Waals surface area contributed by atoms with E-state index in [9.17, 15) is 0 Å². The van der Waals surface area contributed by atoms with Crippen LogP contribution in [0.1, 0.15) is 43.9 Å². The minimum absolute atomic E-state index is 0.722. The lowest BCUT2D eigenvalue weighted by atomic mass is 9.88. The van der Waals surface area contributed by atoms with Crippen LogP contribution in [0.4, 0.5) is 0 Å². The Balaban J connectivity index is 0.000000457. The van der Waals surface area contributed by atoms with Crippen LogP contribution in [0, 0.1) is 12.8 Å². The summed E-state index contributed by atoms with van der Waals surface area (Å²) in [6, 6.07) is 0. The van der Waals surface area contributed by atoms with Gasteiger partial charge in [-0.3, -0.25) is 5.10 Å². The Labute approximate surface area is 98.2 Å². The van der Waals surface area contributed by atoms with Crippen molar-refractivity contribution in [1.82, 2.24) is 15.1 Å². The summed E-state index contributed by atoms with van der Waals surface area (Å²) in [5.41, 5.74) is 2.73. The molecular formula is C13H23N3. The molecule has 1 N–H and O–H groups in total. The number of fused-ring (bicyclic) bond motifs is 2. The van der Waals surface area contributed by atoms with Crippen molar-refractivity contribution in [1.29, 1.82) is 0 Å². The van der Waals surface area contributed by atoms with Crippen LogP contribution in [0.3, 0.4) is 0 Å². The van der Waals surface area contributed by atoms with Crippen LogP contribution >= 0.6 is 0 Å². The largest absolute Gasteiger partial charge is 0.302 e. The number of hydrogen-bond donors (Lipinski definition) is 1. The SMILES string of the molecule is CC.Cc1cn[nH]c1[C@@H]1CN2CCCC1C2. The summed E-state index contributed by atoms with van der Waals surface area (Å²) in [6.45, 7) is 10.0. The summed E-state index contributed by atoms with van der Waals surface area (Å²) in [7, 11) is 0. The minimum atomic E-state index is 0.722. The molecule has 0 radical (unpaired) electrons. The highest BCUT2D eigenvalue weighted by Crippen LogP contribution is 2.38. The van der Waals surface area contributed by atoms with Gasteiger partial charge >= 0.3 is 0 Å². The van der Waals surface area contributed by atoms with E-state index in [0.717, 1.165) is 11.8 Å². The van der Waals surface area contributed by atoms with Crippen LogP contribution < -0.4 is 0 Å². The minimum Gasteiger partial charge on any atom is -0.302 e. The van der Waals surface area contributed by atoms with Gasteiger partial charge in [0.15, 0.2) is 0 Å². The molecule has 2 bridgehead atoms. The fraction of sp³-hybridized carbons (Fsp3) is 0.769. The molecule has 1 aromatic rings. The topological polar surface area (TPSA) is 31.9 Å². The second kappa shape index (κ2) is 5.00. The molecule has 90 valence electrons. The number of aromatic amines is 1. The Kier molecular flexibility index (Phi) is 3.64. The van der Waals surface area contributed by atoms with E-state index in [0.29, 0.717) is 0 Å². The highest BCUT2D eigenvalue weighted by molar-refractivity contribution is 5.22. The number of nitrogens with zero attached hydrogens (tertiary/aromatic N) is 2. The van der Waals surface area contributed by atoms with Gasteiger partial charge in [-0.1, -0.05) is 13.8 Å². The molecule has 0 saturated carbocycles. The molecule has 0 amide bonds. The summed E-state index contributed by atoms with van der Waals surface area (Å²) in [5, 5.41) is 7.32. The predicted molar refractivity (Wildman–Crippen MR) is 66.6 cm³/mol. The highest BCUT2D eigenvalue weighted by Gasteiger charge is 2.37. The number of nitrogens with one attached hydrogen (secondary N) is 1. The maximum atomic E-state index is 4.14. The van der Waals surface area contributed by atoms with Gasteiger partial charge in [-0.2, -0.15) is 5.10 Å². The smallest absolute Gasteiger partial charge is 0.0519 e. The zero-order chi connectivity index (χ0) is 11.5. The third-order valence-electron chi connectivity index (χ3n) is 3.80. The maximum Gasteiger partial charge on any atom is 0.0519 e. The number of hydrogen-bond acceptors (Lipinski definition) is 2. The predicted octanol–water partition coefficient (Wildman–Crippen LogP) is 2.55. The molecule has 0 aromatic carbocycles. The van der Waals surface area contributed by atoms with Crippen molar-refractivity contribution in [2.45, 2.75) is 39.5 Å². The Morgan fingerprint density at radius 1 is 1.38 bits per heavy atom. The fourth-order valence-electron chi connectivity index (χ4n) is 3.07. The number of aromatic nitrogens is 2. The number of H-pyrrole nitrogens is 1. The second-order valence-electron chi connectivity index (χ2n) is 4.74. The van der Waals surface area contributed by atoms with Gasteiger partial charge in [-0.15, -0.1) is 0 Å². The first-order chi connectivity index (χ1) is 7.84. The quantitative estimate of drug-likeness (QED) is 0.790. The summed E-state index contributed by atoms with van der Waals surface area (Å²) in [5.74, 6) is 1.60. The molecule has 1 aromatic heterocycles.